The van der Waals surface area contributed by atoms with Crippen molar-refractivity contribution in [2.75, 3.05) is 0 Å². The van der Waals surface area contributed by atoms with Gasteiger partial charge in [0.05, 0.1) is 5.60 Å². The average Bonchev–Trinajstić information content (AvgIpc) is 2.50. The van der Waals surface area contributed by atoms with E-state index >= 15 is 0 Å². The van der Waals surface area contributed by atoms with Gasteiger partial charge in [0.1, 0.15) is 0 Å². The molecule has 1 N–H and O–H groups in total. The lowest BCUT2D eigenvalue weighted by atomic mass is 9.70. The van der Waals surface area contributed by atoms with Gasteiger partial charge >= 0.3 is 0 Å². The van der Waals surface area contributed by atoms with Crippen molar-refractivity contribution in [2.45, 2.75) is 86.7 Å². The molecule has 0 aromatic carbocycles. The van der Waals surface area contributed by atoms with E-state index < -0.39 is 5.60 Å². The Hall–Kier alpha value is -1.48. The van der Waals surface area contributed by atoms with Crippen molar-refractivity contribution in [3.8, 4) is 0 Å². The molecule has 1 aliphatic carbocycles. The summed E-state index contributed by atoms with van der Waals surface area (Å²) in [5.74, 6) is 0.461. The van der Waals surface area contributed by atoms with Crippen LogP contribution in [0, 0.1) is 11.3 Å². The van der Waals surface area contributed by atoms with Crippen LogP contribution in [-0.2, 0) is 9.59 Å². The summed E-state index contributed by atoms with van der Waals surface area (Å²) in [4.78, 5) is 24.4. The van der Waals surface area contributed by atoms with Crippen LogP contribution in [0.3, 0.4) is 0 Å². The predicted molar refractivity (Wildman–Crippen MR) is 108 cm³/mol. The van der Waals surface area contributed by atoms with Crippen molar-refractivity contribution in [1.82, 2.24) is 0 Å². The SMILES string of the molecule is CC1=CC(=O)C(CCC(C)(O)C(C)(C)C/C=C(\C)CC(C)C)=C(C)C1=O. The van der Waals surface area contributed by atoms with E-state index in [1.165, 1.54) is 11.6 Å². The van der Waals surface area contributed by atoms with Gasteiger partial charge in [-0.05, 0) is 70.8 Å². The first-order valence-corrected chi connectivity index (χ1v) is 9.63. The van der Waals surface area contributed by atoms with Gasteiger partial charge in [0.25, 0.3) is 0 Å². The second-order valence-electron chi connectivity index (χ2n) is 9.13. The molecule has 0 bridgehead atoms. The van der Waals surface area contributed by atoms with Gasteiger partial charge in [-0.1, -0.05) is 39.3 Å². The van der Waals surface area contributed by atoms with Crippen molar-refractivity contribution in [1.29, 1.82) is 0 Å². The maximum atomic E-state index is 12.3. The third kappa shape index (κ3) is 5.51. The molecule has 1 aliphatic rings. The number of ketones is 2. The first-order chi connectivity index (χ1) is 11.8. The lowest BCUT2D eigenvalue weighted by molar-refractivity contribution is -0.116. The first kappa shape index (κ1) is 22.6. The lowest BCUT2D eigenvalue weighted by Gasteiger charge is -2.40. The fourth-order valence-corrected chi connectivity index (χ4v) is 3.36. The van der Waals surface area contributed by atoms with Gasteiger partial charge in [-0.2, -0.15) is 0 Å². The Morgan fingerprint density at radius 1 is 1.19 bits per heavy atom. The number of hydrogen-bond donors (Lipinski definition) is 1. The summed E-state index contributed by atoms with van der Waals surface area (Å²) in [7, 11) is 0. The van der Waals surface area contributed by atoms with E-state index in [0.29, 0.717) is 35.5 Å². The zero-order valence-corrected chi connectivity index (χ0v) is 17.8. The number of hydrogen-bond acceptors (Lipinski definition) is 3. The van der Waals surface area contributed by atoms with Gasteiger partial charge in [0.15, 0.2) is 11.6 Å². The molecule has 0 saturated carbocycles. The van der Waals surface area contributed by atoms with Crippen LogP contribution in [0.5, 0.6) is 0 Å². The van der Waals surface area contributed by atoms with Gasteiger partial charge in [-0.3, -0.25) is 9.59 Å². The van der Waals surface area contributed by atoms with Gasteiger partial charge in [0.2, 0.25) is 0 Å². The number of carbonyl (C=O) groups is 2. The van der Waals surface area contributed by atoms with Crippen molar-refractivity contribution in [2.24, 2.45) is 11.3 Å². The van der Waals surface area contributed by atoms with Crippen molar-refractivity contribution in [3.63, 3.8) is 0 Å². The van der Waals surface area contributed by atoms with E-state index in [2.05, 4.69) is 40.7 Å². The van der Waals surface area contributed by atoms with Crippen LogP contribution in [0.1, 0.15) is 81.1 Å². The van der Waals surface area contributed by atoms with E-state index in [4.69, 9.17) is 0 Å². The molecule has 0 heterocycles. The summed E-state index contributed by atoms with van der Waals surface area (Å²) < 4.78 is 0. The third-order valence-electron chi connectivity index (χ3n) is 5.81. The smallest absolute Gasteiger partial charge is 0.184 e. The summed E-state index contributed by atoms with van der Waals surface area (Å²) in [5, 5.41) is 11.1. The summed E-state index contributed by atoms with van der Waals surface area (Å²) in [5.41, 5.74) is 1.64. The zero-order valence-electron chi connectivity index (χ0n) is 17.8. The number of rotatable bonds is 8. The number of aliphatic hydroxyl groups is 1. The highest BCUT2D eigenvalue weighted by Crippen LogP contribution is 2.39. The van der Waals surface area contributed by atoms with E-state index in [1.54, 1.807) is 13.8 Å². The Morgan fingerprint density at radius 2 is 1.77 bits per heavy atom. The molecule has 0 aliphatic heterocycles. The summed E-state index contributed by atoms with van der Waals surface area (Å²) in [6.45, 7) is 15.9. The van der Waals surface area contributed by atoms with Crippen molar-refractivity contribution >= 4 is 11.6 Å². The van der Waals surface area contributed by atoms with Crippen LogP contribution in [0.15, 0.2) is 34.4 Å². The highest BCUT2D eigenvalue weighted by Gasteiger charge is 2.39. The van der Waals surface area contributed by atoms with Crippen LogP contribution >= 0.6 is 0 Å². The largest absolute Gasteiger partial charge is 0.390 e. The maximum Gasteiger partial charge on any atom is 0.184 e. The number of Topliss-reactive ketones (excluding diaryl/α,β-unsaturated/α-hetero) is 1. The molecule has 26 heavy (non-hydrogen) atoms. The number of allylic oxidation sites excluding steroid dienone is 6. The quantitative estimate of drug-likeness (QED) is 0.469. The Kier molecular flexibility index (Phi) is 7.35. The Labute approximate surface area is 159 Å². The average molecular weight is 361 g/mol. The minimum atomic E-state index is -0.936. The molecule has 0 saturated heterocycles. The zero-order chi connectivity index (χ0) is 20.3. The van der Waals surface area contributed by atoms with Crippen LogP contribution in [-0.4, -0.2) is 22.3 Å². The third-order valence-corrected chi connectivity index (χ3v) is 5.81. The molecule has 0 aromatic rings. The van der Waals surface area contributed by atoms with Crippen LogP contribution < -0.4 is 0 Å². The van der Waals surface area contributed by atoms with E-state index in [-0.39, 0.29) is 17.0 Å². The van der Waals surface area contributed by atoms with E-state index in [0.717, 1.165) is 12.8 Å². The molecule has 0 radical (unpaired) electrons. The van der Waals surface area contributed by atoms with Crippen LogP contribution in [0.2, 0.25) is 0 Å². The molecule has 3 heteroatoms. The van der Waals surface area contributed by atoms with Gasteiger partial charge < -0.3 is 5.11 Å². The predicted octanol–water partition coefficient (Wildman–Crippen LogP) is 5.34. The van der Waals surface area contributed by atoms with Gasteiger partial charge in [0, 0.05) is 16.7 Å². The van der Waals surface area contributed by atoms with E-state index in [1.807, 2.05) is 6.92 Å². The van der Waals surface area contributed by atoms with Crippen molar-refractivity contribution in [3.05, 3.63) is 34.4 Å². The maximum absolute atomic E-state index is 12.3. The topological polar surface area (TPSA) is 54.4 Å². The Bertz CT molecular complexity index is 655. The molecule has 0 fully saturated rings. The van der Waals surface area contributed by atoms with Crippen LogP contribution in [0.4, 0.5) is 0 Å². The van der Waals surface area contributed by atoms with Gasteiger partial charge in [-0.15, -0.1) is 0 Å². The monoisotopic (exact) mass is 360 g/mol. The minimum absolute atomic E-state index is 0.0641. The van der Waals surface area contributed by atoms with Crippen molar-refractivity contribution < 1.29 is 14.7 Å². The number of carbonyl (C=O) groups excluding carboxylic acids is 2. The standard InChI is InChI=1S/C23H36O3/c1-15(2)13-16(3)9-11-22(6,7)23(8,26)12-10-19-18(5)21(25)17(4)14-20(19)24/h9,14-15,26H,10-13H2,1-8H3/b16-9+. The van der Waals surface area contributed by atoms with Gasteiger partial charge in [-0.25, -0.2) is 0 Å². The first-order valence-electron chi connectivity index (χ1n) is 9.63. The molecule has 1 rings (SSSR count). The summed E-state index contributed by atoms with van der Waals surface area (Å²) in [6, 6.07) is 0. The summed E-state index contributed by atoms with van der Waals surface area (Å²) in [6.07, 6.45) is 6.36. The molecule has 0 spiro atoms. The fraction of sp³-hybridized carbons (Fsp3) is 0.652. The molecule has 1 unspecified atom stereocenters. The molecule has 0 amide bonds. The molecule has 0 aromatic heterocycles. The normalized spacial score (nSPS) is 19.2. The fourth-order valence-electron chi connectivity index (χ4n) is 3.36. The highest BCUT2D eigenvalue weighted by molar-refractivity contribution is 6.22. The minimum Gasteiger partial charge on any atom is -0.390 e. The summed E-state index contributed by atoms with van der Waals surface area (Å²) >= 11 is 0. The molecule has 146 valence electrons. The van der Waals surface area contributed by atoms with Crippen LogP contribution in [0.25, 0.3) is 0 Å². The molecular weight excluding hydrogens is 324 g/mol. The molecular formula is C23H36O3. The second-order valence-corrected chi connectivity index (χ2v) is 9.13. The Morgan fingerprint density at radius 3 is 2.31 bits per heavy atom. The van der Waals surface area contributed by atoms with E-state index in [9.17, 15) is 14.7 Å². The highest BCUT2D eigenvalue weighted by atomic mass is 16.3. The Balaban J connectivity index is 2.84. The molecule has 1 atom stereocenters. The molecule has 3 nitrogen and oxygen atoms in total. The second kappa shape index (κ2) is 8.47. The lowest BCUT2D eigenvalue weighted by Crippen LogP contribution is -2.42.